The normalized spacial score (nSPS) is 11.6. The van der Waals surface area contributed by atoms with E-state index in [1.807, 2.05) is 24.3 Å². The highest BCUT2D eigenvalue weighted by Gasteiger charge is 2.24. The maximum Gasteiger partial charge on any atom is 0.303 e. The summed E-state index contributed by atoms with van der Waals surface area (Å²) < 4.78 is 51.5. The molecule has 8 nitrogen and oxygen atoms in total. The van der Waals surface area contributed by atoms with Crippen LogP contribution in [0.2, 0.25) is 0 Å². The van der Waals surface area contributed by atoms with Crippen molar-refractivity contribution >= 4 is 26.7 Å². The number of oxazole rings is 1. The van der Waals surface area contributed by atoms with E-state index in [0.29, 0.717) is 40.9 Å². The first-order chi connectivity index (χ1) is 18.2. The van der Waals surface area contributed by atoms with Crippen LogP contribution in [0.25, 0.3) is 22.4 Å². The topological polar surface area (TPSA) is 122 Å². The fourth-order valence-electron chi connectivity index (χ4n) is 4.27. The zero-order valence-electron chi connectivity index (χ0n) is 20.3. The molecule has 0 aliphatic heterocycles. The molecule has 0 aliphatic rings. The summed E-state index contributed by atoms with van der Waals surface area (Å²) in [4.78, 5) is 18.0. The van der Waals surface area contributed by atoms with Crippen molar-refractivity contribution in [3.05, 3.63) is 95.8 Å². The van der Waals surface area contributed by atoms with Crippen molar-refractivity contribution in [3.63, 3.8) is 0 Å². The van der Waals surface area contributed by atoms with Gasteiger partial charge < -0.3 is 19.2 Å². The number of fused-ring (bicyclic) bond motifs is 1. The van der Waals surface area contributed by atoms with Crippen LogP contribution in [-0.4, -0.2) is 35.7 Å². The van der Waals surface area contributed by atoms with Crippen molar-refractivity contribution in [2.45, 2.75) is 24.2 Å². The molecule has 0 aliphatic carbocycles. The molecule has 194 valence electrons. The third-order valence-electron chi connectivity index (χ3n) is 5.95. The van der Waals surface area contributed by atoms with E-state index in [1.165, 1.54) is 18.5 Å². The van der Waals surface area contributed by atoms with Gasteiger partial charge in [0.25, 0.3) is 0 Å². The van der Waals surface area contributed by atoms with E-state index < -0.39 is 21.6 Å². The van der Waals surface area contributed by atoms with Gasteiger partial charge >= 0.3 is 5.97 Å². The molecule has 2 N–H and O–H groups in total. The molecule has 0 amide bonds. The fraction of sp³-hybridized carbons (Fsp3) is 0.143. The Labute approximate surface area is 217 Å². The van der Waals surface area contributed by atoms with Gasteiger partial charge in [0.1, 0.15) is 16.9 Å². The van der Waals surface area contributed by atoms with Gasteiger partial charge in [0.15, 0.2) is 21.4 Å². The SMILES string of the molecule is CS(=O)(=O)c1c(Oc2cccc(-c3nc(Cc4cccc(CCC(=O)O)c4)co3)c2)c(F)cc2[nH]ccc12. The molecule has 0 bridgehead atoms. The first kappa shape index (κ1) is 25.2. The summed E-state index contributed by atoms with van der Waals surface area (Å²) in [6.45, 7) is 0. The van der Waals surface area contributed by atoms with E-state index in [2.05, 4.69) is 9.97 Å². The third-order valence-corrected chi connectivity index (χ3v) is 7.09. The summed E-state index contributed by atoms with van der Waals surface area (Å²) in [7, 11) is -3.82. The largest absolute Gasteiger partial charge is 0.481 e. The zero-order valence-corrected chi connectivity index (χ0v) is 21.1. The molecule has 0 radical (unpaired) electrons. The second-order valence-corrected chi connectivity index (χ2v) is 10.8. The average molecular weight is 535 g/mol. The number of halogens is 1. The number of carbonyl (C=O) groups is 1. The monoisotopic (exact) mass is 534 g/mol. The van der Waals surface area contributed by atoms with Gasteiger partial charge in [0, 0.05) is 47.8 Å². The van der Waals surface area contributed by atoms with Crippen LogP contribution in [0.4, 0.5) is 4.39 Å². The van der Waals surface area contributed by atoms with Gasteiger partial charge in [-0.25, -0.2) is 17.8 Å². The highest BCUT2D eigenvalue weighted by atomic mass is 32.2. The van der Waals surface area contributed by atoms with Crippen LogP contribution in [0, 0.1) is 5.82 Å². The van der Waals surface area contributed by atoms with Gasteiger partial charge in [0.05, 0.1) is 5.69 Å². The number of ether oxygens (including phenoxy) is 1. The lowest BCUT2D eigenvalue weighted by Gasteiger charge is -2.13. The van der Waals surface area contributed by atoms with Crippen molar-refractivity contribution < 1.29 is 31.9 Å². The van der Waals surface area contributed by atoms with E-state index in [1.54, 1.807) is 30.3 Å². The molecule has 2 heterocycles. The molecule has 0 atom stereocenters. The number of aromatic nitrogens is 2. The van der Waals surface area contributed by atoms with Gasteiger partial charge in [-0.3, -0.25) is 4.79 Å². The van der Waals surface area contributed by atoms with E-state index in [0.717, 1.165) is 17.4 Å². The van der Waals surface area contributed by atoms with Crippen LogP contribution in [0.5, 0.6) is 11.5 Å². The molecule has 0 saturated heterocycles. The quantitative estimate of drug-likeness (QED) is 0.246. The summed E-state index contributed by atoms with van der Waals surface area (Å²) in [5.74, 6) is -1.50. The van der Waals surface area contributed by atoms with E-state index in [4.69, 9.17) is 14.3 Å². The Morgan fingerprint density at radius 3 is 2.68 bits per heavy atom. The lowest BCUT2D eigenvalue weighted by Crippen LogP contribution is -2.03. The van der Waals surface area contributed by atoms with Crippen LogP contribution in [0.15, 0.2) is 82.4 Å². The Kier molecular flexibility index (Phi) is 6.73. The van der Waals surface area contributed by atoms with Crippen LogP contribution in [0.3, 0.4) is 0 Å². The molecule has 0 unspecified atom stereocenters. The molecular weight excluding hydrogens is 511 g/mol. The molecule has 5 aromatic rings. The minimum absolute atomic E-state index is 0.0601. The lowest BCUT2D eigenvalue weighted by atomic mass is 10.0. The van der Waals surface area contributed by atoms with Crippen molar-refractivity contribution in [1.82, 2.24) is 9.97 Å². The van der Waals surface area contributed by atoms with Crippen LogP contribution < -0.4 is 4.74 Å². The molecule has 10 heteroatoms. The summed E-state index contributed by atoms with van der Waals surface area (Å²) in [5.41, 5.74) is 3.48. The second kappa shape index (κ2) is 10.1. The maximum atomic E-state index is 15.0. The Balaban J connectivity index is 1.39. The van der Waals surface area contributed by atoms with E-state index in [-0.39, 0.29) is 22.8 Å². The molecule has 3 aromatic carbocycles. The number of rotatable bonds is 9. The third kappa shape index (κ3) is 5.45. The Bertz CT molecular complexity index is 1760. The van der Waals surface area contributed by atoms with Crippen molar-refractivity contribution in [3.8, 4) is 23.0 Å². The molecule has 5 rings (SSSR count). The van der Waals surface area contributed by atoms with Gasteiger partial charge in [-0.15, -0.1) is 0 Å². The molecular formula is C28H23FN2O6S. The van der Waals surface area contributed by atoms with E-state index >= 15 is 0 Å². The van der Waals surface area contributed by atoms with Crippen molar-refractivity contribution in [2.24, 2.45) is 0 Å². The van der Waals surface area contributed by atoms with Crippen molar-refractivity contribution in [1.29, 1.82) is 0 Å². The minimum atomic E-state index is -3.82. The maximum absolute atomic E-state index is 15.0. The highest BCUT2D eigenvalue weighted by molar-refractivity contribution is 7.91. The molecule has 0 fully saturated rings. The van der Waals surface area contributed by atoms with Gasteiger partial charge in [0.2, 0.25) is 5.89 Å². The number of benzene rings is 3. The van der Waals surface area contributed by atoms with Crippen LogP contribution in [-0.2, 0) is 27.5 Å². The van der Waals surface area contributed by atoms with Crippen LogP contribution >= 0.6 is 0 Å². The molecule has 0 saturated carbocycles. The number of aliphatic carboxylic acids is 1. The van der Waals surface area contributed by atoms with Crippen LogP contribution in [0.1, 0.15) is 23.2 Å². The first-order valence-corrected chi connectivity index (χ1v) is 13.6. The number of carboxylic acids is 1. The predicted molar refractivity (Wildman–Crippen MR) is 139 cm³/mol. The molecule has 38 heavy (non-hydrogen) atoms. The fourth-order valence-corrected chi connectivity index (χ4v) is 5.33. The number of nitrogens with one attached hydrogen (secondary N) is 1. The van der Waals surface area contributed by atoms with Gasteiger partial charge in [-0.05, 0) is 41.8 Å². The van der Waals surface area contributed by atoms with E-state index in [9.17, 15) is 17.6 Å². The smallest absolute Gasteiger partial charge is 0.303 e. The standard InChI is InChI=1S/C28H23FN2O6S/c1-38(34,35)27-22-10-11-30-24(22)15-23(29)26(27)37-21-7-3-6-19(14-21)28-31-20(16-36-28)13-18-5-2-4-17(12-18)8-9-25(32)33/h2-7,10-12,14-16,30H,8-9,13H2,1H3,(H,32,33). The number of sulfone groups is 1. The summed E-state index contributed by atoms with van der Waals surface area (Å²) in [5, 5.41) is 9.25. The van der Waals surface area contributed by atoms with Gasteiger partial charge in [-0.2, -0.15) is 0 Å². The number of H-pyrrole nitrogens is 1. The minimum Gasteiger partial charge on any atom is -0.481 e. The Morgan fingerprint density at radius 2 is 1.89 bits per heavy atom. The van der Waals surface area contributed by atoms with Crippen molar-refractivity contribution in [2.75, 3.05) is 6.26 Å². The number of aryl methyl sites for hydroxylation is 1. The molecule has 0 spiro atoms. The number of nitrogens with zero attached hydrogens (tertiary/aromatic N) is 1. The average Bonchev–Trinajstić information content (AvgIpc) is 3.52. The Morgan fingerprint density at radius 1 is 1.11 bits per heavy atom. The Hall–Kier alpha value is -4.44. The number of hydrogen-bond acceptors (Lipinski definition) is 6. The highest BCUT2D eigenvalue weighted by Crippen LogP contribution is 2.38. The number of carboxylic acid groups (broad SMARTS) is 1. The zero-order chi connectivity index (χ0) is 26.9. The number of hydrogen-bond donors (Lipinski definition) is 2. The molecule has 2 aromatic heterocycles. The lowest BCUT2D eigenvalue weighted by molar-refractivity contribution is -0.136. The first-order valence-electron chi connectivity index (χ1n) is 11.7. The predicted octanol–water partition coefficient (Wildman–Crippen LogP) is 5.77. The summed E-state index contributed by atoms with van der Waals surface area (Å²) in [6, 6.07) is 17.0. The number of aromatic amines is 1. The second-order valence-electron chi connectivity index (χ2n) is 8.89. The summed E-state index contributed by atoms with van der Waals surface area (Å²) >= 11 is 0. The summed E-state index contributed by atoms with van der Waals surface area (Å²) in [6.07, 6.45) is 5.07. The van der Waals surface area contributed by atoms with Gasteiger partial charge in [-0.1, -0.05) is 30.3 Å².